The molecule has 0 spiro atoms. The van der Waals surface area contributed by atoms with Gasteiger partial charge in [0.25, 0.3) is 0 Å². The Kier molecular flexibility index (Phi) is 5.59. The molecular formula is C19H33N. The highest BCUT2D eigenvalue weighted by molar-refractivity contribution is 5.16. The lowest BCUT2D eigenvalue weighted by Gasteiger charge is -2.34. The van der Waals surface area contributed by atoms with Gasteiger partial charge < -0.3 is 5.32 Å². The molecule has 2 saturated carbocycles. The lowest BCUT2D eigenvalue weighted by molar-refractivity contribution is 0.321. The van der Waals surface area contributed by atoms with Gasteiger partial charge in [0.15, 0.2) is 0 Å². The summed E-state index contributed by atoms with van der Waals surface area (Å²) in [5, 5.41) is 3.75. The van der Waals surface area contributed by atoms with Crippen molar-refractivity contribution in [3.63, 3.8) is 0 Å². The fourth-order valence-electron chi connectivity index (χ4n) is 4.73. The van der Waals surface area contributed by atoms with Gasteiger partial charge in [-0.2, -0.15) is 0 Å². The van der Waals surface area contributed by atoms with Crippen LogP contribution in [0, 0.1) is 11.8 Å². The second-order valence-electron chi connectivity index (χ2n) is 7.39. The Morgan fingerprint density at radius 1 is 0.650 bits per heavy atom. The van der Waals surface area contributed by atoms with Crippen LogP contribution in [0.1, 0.15) is 83.5 Å². The van der Waals surface area contributed by atoms with E-state index in [9.17, 15) is 0 Å². The first-order valence-corrected chi connectivity index (χ1v) is 9.38. The Bertz CT molecular complexity index is 282. The van der Waals surface area contributed by atoms with Gasteiger partial charge in [0.1, 0.15) is 0 Å². The Labute approximate surface area is 125 Å². The van der Waals surface area contributed by atoms with Crippen LogP contribution in [0.2, 0.25) is 0 Å². The minimum Gasteiger partial charge on any atom is -0.311 e. The Hall–Kier alpha value is -0.300. The predicted molar refractivity (Wildman–Crippen MR) is 86.9 cm³/mol. The van der Waals surface area contributed by atoms with Crippen molar-refractivity contribution in [3.05, 3.63) is 11.6 Å². The van der Waals surface area contributed by atoms with Crippen molar-refractivity contribution in [1.82, 2.24) is 5.32 Å². The molecule has 1 aliphatic heterocycles. The zero-order chi connectivity index (χ0) is 13.6. The van der Waals surface area contributed by atoms with Gasteiger partial charge in [-0.3, -0.25) is 0 Å². The van der Waals surface area contributed by atoms with Crippen molar-refractivity contribution in [2.24, 2.45) is 11.8 Å². The molecule has 1 N–H and O–H groups in total. The molecule has 20 heavy (non-hydrogen) atoms. The zero-order valence-corrected chi connectivity index (χ0v) is 13.2. The number of rotatable bonds is 3. The smallest absolute Gasteiger partial charge is 0.0252 e. The molecule has 1 heterocycles. The van der Waals surface area contributed by atoms with Crippen molar-refractivity contribution < 1.29 is 0 Å². The van der Waals surface area contributed by atoms with Crippen LogP contribution in [0.25, 0.3) is 0 Å². The van der Waals surface area contributed by atoms with E-state index in [-0.39, 0.29) is 0 Å². The molecule has 3 rings (SSSR count). The third-order valence-corrected chi connectivity index (χ3v) is 5.90. The number of hydrogen-bond donors (Lipinski definition) is 1. The van der Waals surface area contributed by atoms with Crippen LogP contribution in [-0.4, -0.2) is 12.6 Å². The lowest BCUT2D eigenvalue weighted by Crippen LogP contribution is -2.33. The summed E-state index contributed by atoms with van der Waals surface area (Å²) in [4.78, 5) is 0. The molecule has 1 heteroatoms. The molecular weight excluding hydrogens is 242 g/mol. The van der Waals surface area contributed by atoms with E-state index in [1.165, 1.54) is 90.0 Å². The van der Waals surface area contributed by atoms with Crippen molar-refractivity contribution in [2.75, 3.05) is 6.54 Å². The molecule has 2 aliphatic carbocycles. The highest BCUT2D eigenvalue weighted by Gasteiger charge is 2.26. The van der Waals surface area contributed by atoms with Crippen LogP contribution in [-0.2, 0) is 0 Å². The maximum atomic E-state index is 3.75. The van der Waals surface area contributed by atoms with Gasteiger partial charge in [-0.25, -0.2) is 0 Å². The zero-order valence-electron chi connectivity index (χ0n) is 13.2. The van der Waals surface area contributed by atoms with E-state index < -0.39 is 0 Å². The molecule has 3 fully saturated rings. The minimum atomic E-state index is 0.697. The second-order valence-corrected chi connectivity index (χ2v) is 7.39. The molecule has 0 aromatic heterocycles. The fraction of sp³-hybridized carbons (Fsp3) is 0.895. The number of hydrogen-bond acceptors (Lipinski definition) is 1. The van der Waals surface area contributed by atoms with Crippen LogP contribution in [0.15, 0.2) is 11.6 Å². The summed E-state index contributed by atoms with van der Waals surface area (Å²) in [5.41, 5.74) is 1.89. The Morgan fingerprint density at radius 2 is 1.20 bits per heavy atom. The van der Waals surface area contributed by atoms with Crippen LogP contribution < -0.4 is 5.32 Å². The molecule has 0 aromatic rings. The van der Waals surface area contributed by atoms with Gasteiger partial charge in [-0.05, 0) is 56.9 Å². The summed E-state index contributed by atoms with van der Waals surface area (Å²) in [5.74, 6) is 1.88. The van der Waals surface area contributed by atoms with Gasteiger partial charge in [0.05, 0.1) is 0 Å². The second kappa shape index (κ2) is 7.64. The quantitative estimate of drug-likeness (QED) is 0.697. The molecule has 1 nitrogen and oxygen atoms in total. The summed E-state index contributed by atoms with van der Waals surface area (Å²) < 4.78 is 0. The molecule has 1 atom stereocenters. The van der Waals surface area contributed by atoms with Gasteiger partial charge in [0, 0.05) is 6.04 Å². The van der Waals surface area contributed by atoms with Crippen LogP contribution in [0.5, 0.6) is 0 Å². The van der Waals surface area contributed by atoms with Crippen molar-refractivity contribution in [3.8, 4) is 0 Å². The summed E-state index contributed by atoms with van der Waals surface area (Å²) in [6, 6.07) is 0.697. The standard InChI is InChI=1S/C19H33N/c1-3-9-16(10-4-1)19(17-11-5-2-6-12-17)15-18-13-7-8-14-20-18/h15-18,20H,1-14H2/t18-/m1/s1. The van der Waals surface area contributed by atoms with Crippen molar-refractivity contribution in [2.45, 2.75) is 89.5 Å². The largest absolute Gasteiger partial charge is 0.311 e. The Morgan fingerprint density at radius 3 is 1.70 bits per heavy atom. The molecule has 0 aromatic carbocycles. The average Bonchev–Trinajstić information content (AvgIpc) is 2.55. The van der Waals surface area contributed by atoms with Gasteiger partial charge in [0.2, 0.25) is 0 Å². The average molecular weight is 275 g/mol. The molecule has 114 valence electrons. The SMILES string of the molecule is C(=C(C1CCCCC1)C1CCCCC1)[C@H]1CCCCN1. The number of piperidine rings is 1. The predicted octanol–water partition coefficient (Wildman–Crippen LogP) is 5.22. The van der Waals surface area contributed by atoms with Crippen molar-refractivity contribution >= 4 is 0 Å². The molecule has 0 amide bonds. The molecule has 0 bridgehead atoms. The maximum Gasteiger partial charge on any atom is 0.0252 e. The van der Waals surface area contributed by atoms with Crippen molar-refractivity contribution in [1.29, 1.82) is 0 Å². The third-order valence-electron chi connectivity index (χ3n) is 5.90. The maximum absolute atomic E-state index is 3.75. The first-order valence-electron chi connectivity index (χ1n) is 9.38. The monoisotopic (exact) mass is 275 g/mol. The first-order chi connectivity index (χ1) is 9.93. The fourth-order valence-corrected chi connectivity index (χ4v) is 4.73. The molecule has 1 saturated heterocycles. The van der Waals surface area contributed by atoms with Gasteiger partial charge in [-0.15, -0.1) is 0 Å². The third kappa shape index (κ3) is 3.87. The van der Waals surface area contributed by atoms with Gasteiger partial charge >= 0.3 is 0 Å². The lowest BCUT2D eigenvalue weighted by atomic mass is 9.73. The molecule has 0 unspecified atom stereocenters. The first kappa shape index (κ1) is 14.6. The van der Waals surface area contributed by atoms with Crippen LogP contribution >= 0.6 is 0 Å². The normalized spacial score (nSPS) is 30.1. The van der Waals surface area contributed by atoms with E-state index in [0.29, 0.717) is 6.04 Å². The summed E-state index contributed by atoms with van der Waals surface area (Å²) in [7, 11) is 0. The summed E-state index contributed by atoms with van der Waals surface area (Å²) >= 11 is 0. The van der Waals surface area contributed by atoms with E-state index in [0.717, 1.165) is 11.8 Å². The van der Waals surface area contributed by atoms with Gasteiger partial charge in [-0.1, -0.05) is 56.6 Å². The number of allylic oxidation sites excluding steroid dienone is 1. The van der Waals surface area contributed by atoms with E-state index in [1.807, 2.05) is 5.57 Å². The van der Waals surface area contributed by atoms with E-state index in [2.05, 4.69) is 11.4 Å². The summed E-state index contributed by atoms with van der Waals surface area (Å²) in [6.07, 6.45) is 21.7. The Balaban J connectivity index is 1.71. The van der Waals surface area contributed by atoms with Crippen LogP contribution in [0.3, 0.4) is 0 Å². The highest BCUT2D eigenvalue weighted by Crippen LogP contribution is 2.40. The summed E-state index contributed by atoms with van der Waals surface area (Å²) in [6.45, 7) is 1.24. The van der Waals surface area contributed by atoms with E-state index in [1.54, 1.807) is 0 Å². The van der Waals surface area contributed by atoms with E-state index in [4.69, 9.17) is 0 Å². The molecule has 0 radical (unpaired) electrons. The van der Waals surface area contributed by atoms with E-state index >= 15 is 0 Å². The minimum absolute atomic E-state index is 0.697. The highest BCUT2D eigenvalue weighted by atomic mass is 14.9. The molecule has 3 aliphatic rings. The van der Waals surface area contributed by atoms with Crippen LogP contribution in [0.4, 0.5) is 0 Å². The topological polar surface area (TPSA) is 12.0 Å². The number of nitrogens with one attached hydrogen (secondary N) is 1.